The summed E-state index contributed by atoms with van der Waals surface area (Å²) in [6.07, 6.45) is 0.873. The number of hydrogen-bond acceptors (Lipinski definition) is 5. The summed E-state index contributed by atoms with van der Waals surface area (Å²) in [5.74, 6) is -0.702. The maximum atomic E-state index is 12.5. The van der Waals surface area contributed by atoms with Crippen molar-refractivity contribution in [3.05, 3.63) is 83.4 Å². The molecule has 3 aromatic rings. The van der Waals surface area contributed by atoms with E-state index in [1.54, 1.807) is 18.2 Å². The van der Waals surface area contributed by atoms with E-state index in [4.69, 9.17) is 4.74 Å². The van der Waals surface area contributed by atoms with Crippen molar-refractivity contribution in [2.24, 2.45) is 0 Å². The van der Waals surface area contributed by atoms with E-state index in [9.17, 15) is 14.4 Å². The SMILES string of the molecule is CC(=O)Nc1ccc(SCC(=O)OCC(=O)c2ccc3c(c2)-c2ccccc2C3)cc1. The van der Waals surface area contributed by atoms with Crippen molar-refractivity contribution in [2.45, 2.75) is 18.2 Å². The number of Topliss-reactive ketones (excluding diaryl/α,β-unsaturated/α-hetero) is 1. The van der Waals surface area contributed by atoms with Gasteiger partial charge in [0.15, 0.2) is 12.4 Å². The zero-order valence-corrected chi connectivity index (χ0v) is 17.8. The number of nitrogens with one attached hydrogen (secondary N) is 1. The monoisotopic (exact) mass is 431 g/mol. The van der Waals surface area contributed by atoms with Gasteiger partial charge in [0.05, 0.1) is 5.75 Å². The Labute approximate surface area is 184 Å². The van der Waals surface area contributed by atoms with Crippen LogP contribution < -0.4 is 5.32 Å². The van der Waals surface area contributed by atoms with Gasteiger partial charge in [-0.05, 0) is 59.0 Å². The predicted molar refractivity (Wildman–Crippen MR) is 121 cm³/mol. The first kappa shape index (κ1) is 20.9. The molecular weight excluding hydrogens is 410 g/mol. The van der Waals surface area contributed by atoms with Gasteiger partial charge in [0.25, 0.3) is 0 Å². The maximum absolute atomic E-state index is 12.5. The Hall–Kier alpha value is -3.38. The second kappa shape index (κ2) is 9.18. The number of esters is 1. The summed E-state index contributed by atoms with van der Waals surface area (Å²) < 4.78 is 5.18. The normalized spacial score (nSPS) is 11.4. The van der Waals surface area contributed by atoms with Gasteiger partial charge >= 0.3 is 5.97 Å². The molecule has 5 nitrogen and oxygen atoms in total. The second-order valence-corrected chi connectivity index (χ2v) is 8.33. The number of benzene rings is 3. The first-order valence-corrected chi connectivity index (χ1v) is 10.9. The molecule has 31 heavy (non-hydrogen) atoms. The number of rotatable bonds is 7. The fourth-order valence-electron chi connectivity index (χ4n) is 3.55. The van der Waals surface area contributed by atoms with Crippen LogP contribution in [0.4, 0.5) is 5.69 Å². The summed E-state index contributed by atoms with van der Waals surface area (Å²) >= 11 is 1.31. The van der Waals surface area contributed by atoms with E-state index >= 15 is 0 Å². The summed E-state index contributed by atoms with van der Waals surface area (Å²) in [4.78, 5) is 36.5. The van der Waals surface area contributed by atoms with Gasteiger partial charge in [-0.15, -0.1) is 11.8 Å². The molecule has 0 unspecified atom stereocenters. The van der Waals surface area contributed by atoms with Crippen LogP contribution in [-0.4, -0.2) is 30.0 Å². The van der Waals surface area contributed by atoms with Gasteiger partial charge in [-0.3, -0.25) is 14.4 Å². The molecule has 3 aromatic carbocycles. The number of ketones is 1. The lowest BCUT2D eigenvalue weighted by Gasteiger charge is -2.07. The second-order valence-electron chi connectivity index (χ2n) is 7.28. The minimum absolute atomic E-state index is 0.102. The number of fused-ring (bicyclic) bond motifs is 3. The molecular formula is C25H21NO4S. The van der Waals surface area contributed by atoms with Gasteiger partial charge in [0.2, 0.25) is 5.91 Å². The highest BCUT2D eigenvalue weighted by atomic mass is 32.2. The van der Waals surface area contributed by atoms with Crippen molar-refractivity contribution in [3.63, 3.8) is 0 Å². The van der Waals surface area contributed by atoms with Crippen LogP contribution in [0.3, 0.4) is 0 Å². The van der Waals surface area contributed by atoms with Crippen molar-refractivity contribution >= 4 is 35.1 Å². The van der Waals surface area contributed by atoms with E-state index in [0.29, 0.717) is 11.3 Å². The molecule has 0 saturated heterocycles. The Bertz CT molecular complexity index is 1150. The third-order valence-corrected chi connectivity index (χ3v) is 6.00. The van der Waals surface area contributed by atoms with Crippen molar-refractivity contribution < 1.29 is 19.1 Å². The van der Waals surface area contributed by atoms with Crippen LogP contribution in [0.2, 0.25) is 0 Å². The van der Waals surface area contributed by atoms with Crippen molar-refractivity contribution in [2.75, 3.05) is 17.7 Å². The number of hydrogen-bond donors (Lipinski definition) is 1. The van der Waals surface area contributed by atoms with E-state index in [1.807, 2.05) is 36.4 Å². The van der Waals surface area contributed by atoms with E-state index < -0.39 is 5.97 Å². The first-order chi connectivity index (χ1) is 15.0. The quantitative estimate of drug-likeness (QED) is 0.260. The van der Waals surface area contributed by atoms with E-state index in [0.717, 1.165) is 22.4 Å². The number of carbonyl (C=O) groups excluding carboxylic acids is 3. The van der Waals surface area contributed by atoms with Gasteiger partial charge in [0.1, 0.15) is 0 Å². The highest BCUT2D eigenvalue weighted by Crippen LogP contribution is 2.36. The number of anilines is 1. The zero-order valence-electron chi connectivity index (χ0n) is 17.0. The topological polar surface area (TPSA) is 72.5 Å². The summed E-state index contributed by atoms with van der Waals surface area (Å²) in [5.41, 5.74) is 5.94. The number of ether oxygens (including phenoxy) is 1. The standard InChI is InChI=1S/C25H21NO4S/c1-16(27)26-20-8-10-21(11-9-20)31-15-25(29)30-14-24(28)19-7-6-18-12-17-4-2-3-5-22(17)23(18)13-19/h2-11,13H,12,14-15H2,1H3,(H,26,27). The Kier molecular flexibility index (Phi) is 6.18. The minimum Gasteiger partial charge on any atom is -0.457 e. The molecule has 0 aliphatic heterocycles. The lowest BCUT2D eigenvalue weighted by atomic mass is 10.0. The van der Waals surface area contributed by atoms with Gasteiger partial charge in [-0.1, -0.05) is 36.4 Å². The Morgan fingerprint density at radius 1 is 0.935 bits per heavy atom. The molecule has 0 heterocycles. The van der Waals surface area contributed by atoms with Crippen LogP contribution in [0.25, 0.3) is 11.1 Å². The first-order valence-electron chi connectivity index (χ1n) is 9.90. The molecule has 1 N–H and O–H groups in total. The average molecular weight is 432 g/mol. The molecule has 156 valence electrons. The van der Waals surface area contributed by atoms with Crippen molar-refractivity contribution in [1.82, 2.24) is 0 Å². The van der Waals surface area contributed by atoms with Crippen LogP contribution in [0.1, 0.15) is 28.4 Å². The largest absolute Gasteiger partial charge is 0.457 e. The predicted octanol–water partition coefficient (Wildman–Crippen LogP) is 4.73. The molecule has 1 aliphatic carbocycles. The van der Waals surface area contributed by atoms with Crippen LogP contribution in [-0.2, 0) is 20.7 Å². The molecule has 0 spiro atoms. The number of amides is 1. The number of thioether (sulfide) groups is 1. The van der Waals surface area contributed by atoms with Gasteiger partial charge in [-0.2, -0.15) is 0 Å². The van der Waals surface area contributed by atoms with Gasteiger partial charge < -0.3 is 10.1 Å². The molecule has 0 radical (unpaired) electrons. The van der Waals surface area contributed by atoms with Crippen LogP contribution in [0.15, 0.2) is 71.6 Å². The zero-order chi connectivity index (χ0) is 21.8. The van der Waals surface area contributed by atoms with Crippen LogP contribution >= 0.6 is 11.8 Å². The maximum Gasteiger partial charge on any atom is 0.316 e. The van der Waals surface area contributed by atoms with E-state index in [1.165, 1.54) is 29.8 Å². The Morgan fingerprint density at radius 2 is 1.68 bits per heavy atom. The van der Waals surface area contributed by atoms with Gasteiger partial charge in [0, 0.05) is 23.1 Å². The number of carbonyl (C=O) groups is 3. The summed E-state index contributed by atoms with van der Waals surface area (Å²) in [7, 11) is 0. The molecule has 0 aromatic heterocycles. The third kappa shape index (κ3) is 5.03. The van der Waals surface area contributed by atoms with Crippen molar-refractivity contribution in [1.29, 1.82) is 0 Å². The fourth-order valence-corrected chi connectivity index (χ4v) is 4.24. The van der Waals surface area contributed by atoms with Crippen molar-refractivity contribution in [3.8, 4) is 11.1 Å². The third-order valence-electron chi connectivity index (χ3n) is 5.02. The summed E-state index contributed by atoms with van der Waals surface area (Å²) in [5, 5.41) is 2.69. The van der Waals surface area contributed by atoms with E-state index in [-0.39, 0.29) is 24.1 Å². The Morgan fingerprint density at radius 3 is 2.45 bits per heavy atom. The Balaban J connectivity index is 1.29. The molecule has 6 heteroatoms. The molecule has 0 bridgehead atoms. The molecule has 0 atom stereocenters. The fraction of sp³-hybridized carbons (Fsp3) is 0.160. The van der Waals surface area contributed by atoms with Crippen LogP contribution in [0.5, 0.6) is 0 Å². The molecule has 0 saturated carbocycles. The minimum atomic E-state index is -0.448. The van der Waals surface area contributed by atoms with Crippen LogP contribution in [0, 0.1) is 0 Å². The van der Waals surface area contributed by atoms with E-state index in [2.05, 4.69) is 17.4 Å². The molecule has 1 amide bonds. The lowest BCUT2D eigenvalue weighted by molar-refractivity contribution is -0.139. The molecule has 0 fully saturated rings. The highest BCUT2D eigenvalue weighted by molar-refractivity contribution is 8.00. The summed E-state index contributed by atoms with van der Waals surface area (Å²) in [6.45, 7) is 1.17. The smallest absolute Gasteiger partial charge is 0.316 e. The van der Waals surface area contributed by atoms with Gasteiger partial charge in [-0.25, -0.2) is 0 Å². The molecule has 1 aliphatic rings. The summed E-state index contributed by atoms with van der Waals surface area (Å²) in [6, 6.07) is 21.0. The molecule has 4 rings (SSSR count). The highest BCUT2D eigenvalue weighted by Gasteiger charge is 2.20. The average Bonchev–Trinajstić information content (AvgIpc) is 3.14. The lowest BCUT2D eigenvalue weighted by Crippen LogP contribution is -2.15.